The van der Waals surface area contributed by atoms with E-state index in [9.17, 15) is 4.79 Å². The molecule has 1 heterocycles. The number of thiophene rings is 1. The molecule has 0 saturated heterocycles. The molecule has 0 saturated carbocycles. The van der Waals surface area contributed by atoms with Gasteiger partial charge in [0.05, 0.1) is 12.0 Å². The van der Waals surface area contributed by atoms with Crippen LogP contribution < -0.4 is 5.73 Å². The number of rotatable bonds is 5. The summed E-state index contributed by atoms with van der Waals surface area (Å²) in [6.45, 7) is 4.36. The molecule has 4 heteroatoms. The van der Waals surface area contributed by atoms with Gasteiger partial charge in [0, 0.05) is 6.54 Å². The first-order valence-electron chi connectivity index (χ1n) is 5.01. The third kappa shape index (κ3) is 3.04. The maximum Gasteiger partial charge on any atom is 0.313 e. The van der Waals surface area contributed by atoms with Crippen molar-refractivity contribution < 1.29 is 9.53 Å². The Morgan fingerprint density at radius 3 is 2.87 bits per heavy atom. The van der Waals surface area contributed by atoms with Crippen molar-refractivity contribution in [2.45, 2.75) is 20.3 Å². The van der Waals surface area contributed by atoms with Gasteiger partial charge in [-0.05, 0) is 42.7 Å². The molecule has 1 aromatic heterocycles. The SMILES string of the molecule is CCOC(=O)C(C)(CN)Cc1ccsc1. The third-order valence-corrected chi connectivity index (χ3v) is 3.13. The van der Waals surface area contributed by atoms with Crippen LogP contribution in [0.3, 0.4) is 0 Å². The molecule has 0 radical (unpaired) electrons. The fourth-order valence-electron chi connectivity index (χ4n) is 1.38. The second-order valence-electron chi connectivity index (χ2n) is 3.79. The Balaban J connectivity index is 2.72. The summed E-state index contributed by atoms with van der Waals surface area (Å²) in [6.07, 6.45) is 0.645. The highest BCUT2D eigenvalue weighted by atomic mass is 32.1. The largest absolute Gasteiger partial charge is 0.466 e. The predicted octanol–water partition coefficient (Wildman–Crippen LogP) is 1.82. The summed E-state index contributed by atoms with van der Waals surface area (Å²) < 4.78 is 5.03. The zero-order valence-corrected chi connectivity index (χ0v) is 9.97. The Morgan fingerprint density at radius 1 is 1.67 bits per heavy atom. The molecule has 1 atom stereocenters. The maximum absolute atomic E-state index is 11.7. The summed E-state index contributed by atoms with van der Waals surface area (Å²) in [6, 6.07) is 2.01. The molecule has 0 spiro atoms. The average Bonchev–Trinajstić information content (AvgIpc) is 2.70. The zero-order chi connectivity index (χ0) is 11.3. The van der Waals surface area contributed by atoms with Crippen molar-refractivity contribution in [3.8, 4) is 0 Å². The van der Waals surface area contributed by atoms with Crippen LogP contribution in [0.1, 0.15) is 19.4 Å². The van der Waals surface area contributed by atoms with Crippen LogP contribution in [0, 0.1) is 5.41 Å². The Hall–Kier alpha value is -0.870. The van der Waals surface area contributed by atoms with Crippen molar-refractivity contribution in [3.63, 3.8) is 0 Å². The molecule has 15 heavy (non-hydrogen) atoms. The van der Waals surface area contributed by atoms with Crippen LogP contribution >= 0.6 is 11.3 Å². The van der Waals surface area contributed by atoms with Crippen LogP contribution in [0.5, 0.6) is 0 Å². The van der Waals surface area contributed by atoms with E-state index in [0.29, 0.717) is 19.6 Å². The highest BCUT2D eigenvalue weighted by Crippen LogP contribution is 2.24. The van der Waals surface area contributed by atoms with E-state index in [4.69, 9.17) is 10.5 Å². The minimum Gasteiger partial charge on any atom is -0.466 e. The molecule has 1 aromatic rings. The van der Waals surface area contributed by atoms with Crippen molar-refractivity contribution in [3.05, 3.63) is 22.4 Å². The van der Waals surface area contributed by atoms with E-state index < -0.39 is 5.41 Å². The maximum atomic E-state index is 11.7. The van der Waals surface area contributed by atoms with Crippen LogP contribution in [0.25, 0.3) is 0 Å². The quantitative estimate of drug-likeness (QED) is 0.781. The summed E-state index contributed by atoms with van der Waals surface area (Å²) in [5.74, 6) is -0.210. The molecule has 1 unspecified atom stereocenters. The van der Waals surface area contributed by atoms with Gasteiger partial charge in [0.15, 0.2) is 0 Å². The summed E-state index contributed by atoms with van der Waals surface area (Å²) in [5.41, 5.74) is 6.20. The molecule has 2 N–H and O–H groups in total. The van der Waals surface area contributed by atoms with Gasteiger partial charge in [-0.1, -0.05) is 0 Å². The van der Waals surface area contributed by atoms with Crippen LogP contribution in [0.2, 0.25) is 0 Å². The van der Waals surface area contributed by atoms with Gasteiger partial charge in [-0.25, -0.2) is 0 Å². The van der Waals surface area contributed by atoms with E-state index in [0.717, 1.165) is 5.56 Å². The van der Waals surface area contributed by atoms with Gasteiger partial charge in [0.1, 0.15) is 0 Å². The number of ether oxygens (including phenoxy) is 1. The molecule has 0 aliphatic carbocycles. The summed E-state index contributed by atoms with van der Waals surface area (Å²) in [4.78, 5) is 11.7. The van der Waals surface area contributed by atoms with Crippen molar-refractivity contribution in [1.82, 2.24) is 0 Å². The summed E-state index contributed by atoms with van der Waals surface area (Å²) in [5, 5.41) is 4.03. The molecule has 0 aliphatic rings. The number of carbonyl (C=O) groups excluding carboxylic acids is 1. The van der Waals surface area contributed by atoms with Crippen molar-refractivity contribution in [2.24, 2.45) is 11.1 Å². The number of esters is 1. The molecular formula is C11H17NO2S. The molecule has 3 nitrogen and oxygen atoms in total. The number of hydrogen-bond donors (Lipinski definition) is 1. The van der Waals surface area contributed by atoms with E-state index in [2.05, 4.69) is 0 Å². The monoisotopic (exact) mass is 227 g/mol. The van der Waals surface area contributed by atoms with Gasteiger partial charge in [0.25, 0.3) is 0 Å². The lowest BCUT2D eigenvalue weighted by Gasteiger charge is -2.24. The Kier molecular flexibility index (Phi) is 4.29. The summed E-state index contributed by atoms with van der Waals surface area (Å²) >= 11 is 1.62. The minimum absolute atomic E-state index is 0.210. The second kappa shape index (κ2) is 5.28. The molecule has 0 fully saturated rings. The van der Waals surface area contributed by atoms with E-state index in [-0.39, 0.29) is 5.97 Å². The molecular weight excluding hydrogens is 210 g/mol. The standard InChI is InChI=1S/C11H17NO2S/c1-3-14-10(13)11(2,8-12)6-9-4-5-15-7-9/h4-5,7H,3,6,8,12H2,1-2H3. The van der Waals surface area contributed by atoms with Crippen molar-refractivity contribution >= 4 is 17.3 Å². The second-order valence-corrected chi connectivity index (χ2v) is 4.57. The fourth-order valence-corrected chi connectivity index (χ4v) is 2.05. The van der Waals surface area contributed by atoms with Gasteiger partial charge in [-0.2, -0.15) is 11.3 Å². The first-order valence-corrected chi connectivity index (χ1v) is 5.95. The Labute approximate surface area is 94.2 Å². The molecule has 0 amide bonds. The Bertz CT molecular complexity index is 310. The molecule has 1 rings (SSSR count). The molecule has 84 valence electrons. The minimum atomic E-state index is -0.600. The van der Waals surface area contributed by atoms with Crippen LogP contribution in [0.15, 0.2) is 16.8 Å². The van der Waals surface area contributed by atoms with Gasteiger partial charge in [-0.15, -0.1) is 0 Å². The van der Waals surface area contributed by atoms with E-state index >= 15 is 0 Å². The Morgan fingerprint density at radius 2 is 2.40 bits per heavy atom. The smallest absolute Gasteiger partial charge is 0.313 e. The van der Waals surface area contributed by atoms with Crippen LogP contribution in [-0.2, 0) is 16.0 Å². The topological polar surface area (TPSA) is 52.3 Å². The number of carbonyl (C=O) groups is 1. The van der Waals surface area contributed by atoms with Gasteiger partial charge in [0.2, 0.25) is 0 Å². The van der Waals surface area contributed by atoms with Gasteiger partial charge >= 0.3 is 5.97 Å². The third-order valence-electron chi connectivity index (χ3n) is 2.39. The van der Waals surface area contributed by atoms with E-state index in [1.165, 1.54) is 0 Å². The zero-order valence-electron chi connectivity index (χ0n) is 9.16. The summed E-state index contributed by atoms with van der Waals surface area (Å²) in [7, 11) is 0. The van der Waals surface area contributed by atoms with Crippen molar-refractivity contribution in [2.75, 3.05) is 13.2 Å². The molecule has 0 aliphatic heterocycles. The van der Waals surface area contributed by atoms with Gasteiger partial charge < -0.3 is 10.5 Å². The lowest BCUT2D eigenvalue weighted by atomic mass is 9.84. The number of nitrogens with two attached hydrogens (primary N) is 1. The van der Waals surface area contributed by atoms with Crippen molar-refractivity contribution in [1.29, 1.82) is 0 Å². The highest BCUT2D eigenvalue weighted by Gasteiger charge is 2.33. The normalized spacial score (nSPS) is 14.6. The molecule has 0 bridgehead atoms. The predicted molar refractivity (Wildman–Crippen MR) is 61.8 cm³/mol. The van der Waals surface area contributed by atoms with E-state index in [1.54, 1.807) is 18.3 Å². The van der Waals surface area contributed by atoms with Crippen LogP contribution in [0.4, 0.5) is 0 Å². The first-order chi connectivity index (χ1) is 7.12. The highest BCUT2D eigenvalue weighted by molar-refractivity contribution is 7.07. The molecule has 0 aromatic carbocycles. The van der Waals surface area contributed by atoms with Crippen LogP contribution in [-0.4, -0.2) is 19.1 Å². The first kappa shape index (κ1) is 12.2. The number of hydrogen-bond acceptors (Lipinski definition) is 4. The average molecular weight is 227 g/mol. The van der Waals surface area contributed by atoms with Gasteiger partial charge in [-0.3, -0.25) is 4.79 Å². The fraction of sp³-hybridized carbons (Fsp3) is 0.545. The van der Waals surface area contributed by atoms with E-state index in [1.807, 2.05) is 23.8 Å². The lowest BCUT2D eigenvalue weighted by molar-refractivity contribution is -0.153. The lowest BCUT2D eigenvalue weighted by Crippen LogP contribution is -2.39.